The molecule has 0 unspecified atom stereocenters. The summed E-state index contributed by atoms with van der Waals surface area (Å²) < 4.78 is 34.2. The van der Waals surface area contributed by atoms with Gasteiger partial charge in [-0.05, 0) is 0 Å². The molecule has 0 aromatic heterocycles. The van der Waals surface area contributed by atoms with Crippen LogP contribution in [0.15, 0.2) is 0 Å². The summed E-state index contributed by atoms with van der Waals surface area (Å²) >= 11 is -0.824. The van der Waals surface area contributed by atoms with Crippen LogP contribution in [0.1, 0.15) is 0 Å². The lowest BCUT2D eigenvalue weighted by molar-refractivity contribution is -0.824. The SMILES string of the molecule is O=C(OSCC(F)([N+](=O)[O-])[N+](=O)[O-])OSCC(F)([N+](=O)[O-])[N+](=O)[O-]. The molecular formula is C5H4F2N4O11S2. The van der Waals surface area contributed by atoms with Crippen molar-refractivity contribution in [1.29, 1.82) is 0 Å². The first-order chi connectivity index (χ1) is 10.9. The van der Waals surface area contributed by atoms with E-state index in [-0.39, 0.29) is 0 Å². The minimum Gasteiger partial charge on any atom is -0.358 e. The third-order valence-corrected chi connectivity index (χ3v) is 3.34. The number of carbonyl (C=O) groups is 1. The largest absolute Gasteiger partial charge is 0.626 e. The first-order valence-electron chi connectivity index (χ1n) is 4.96. The zero-order valence-electron chi connectivity index (χ0n) is 10.8. The van der Waals surface area contributed by atoms with Gasteiger partial charge in [0.05, 0.1) is 24.1 Å². The van der Waals surface area contributed by atoms with E-state index in [4.69, 9.17) is 0 Å². The van der Waals surface area contributed by atoms with E-state index in [1.807, 2.05) is 0 Å². The molecule has 0 saturated carbocycles. The molecule has 0 saturated heterocycles. The Morgan fingerprint density at radius 2 is 1.04 bits per heavy atom. The van der Waals surface area contributed by atoms with Crippen LogP contribution in [0.25, 0.3) is 0 Å². The summed E-state index contributed by atoms with van der Waals surface area (Å²) in [4.78, 5) is 44.0. The van der Waals surface area contributed by atoms with E-state index in [0.717, 1.165) is 0 Å². The van der Waals surface area contributed by atoms with Gasteiger partial charge in [-0.15, -0.1) is 0 Å². The van der Waals surface area contributed by atoms with Gasteiger partial charge in [-0.3, -0.25) is 40.5 Å². The van der Waals surface area contributed by atoms with Crippen molar-refractivity contribution >= 4 is 30.2 Å². The molecule has 0 spiro atoms. The van der Waals surface area contributed by atoms with Gasteiger partial charge in [-0.2, -0.15) is 0 Å². The molecule has 0 bridgehead atoms. The maximum Gasteiger partial charge on any atom is 0.626 e. The van der Waals surface area contributed by atoms with Gasteiger partial charge in [0.15, 0.2) is 0 Å². The number of carbonyl (C=O) groups excluding carboxylic acids is 1. The summed E-state index contributed by atoms with van der Waals surface area (Å²) in [5.74, 6) is -11.5. The lowest BCUT2D eigenvalue weighted by atomic mass is 10.6. The van der Waals surface area contributed by atoms with Crippen LogP contribution in [0.2, 0.25) is 0 Å². The highest BCUT2D eigenvalue weighted by Gasteiger charge is 2.59. The minimum atomic E-state index is -4.16. The van der Waals surface area contributed by atoms with Gasteiger partial charge in [-0.1, -0.05) is 8.78 Å². The number of nitro groups is 4. The molecule has 0 amide bonds. The zero-order valence-corrected chi connectivity index (χ0v) is 12.4. The lowest BCUT2D eigenvalue weighted by Crippen LogP contribution is -2.44. The first-order valence-corrected chi connectivity index (χ1v) is 6.78. The van der Waals surface area contributed by atoms with Crippen molar-refractivity contribution in [3.8, 4) is 0 Å². The lowest BCUT2D eigenvalue weighted by Gasteiger charge is -2.08. The Hall–Kier alpha value is -2.57. The minimum absolute atomic E-state index is 0.412. The number of alkyl halides is 2. The molecule has 136 valence electrons. The topological polar surface area (TPSA) is 208 Å². The monoisotopic (exact) mass is 398 g/mol. The van der Waals surface area contributed by atoms with Crippen molar-refractivity contribution in [1.82, 2.24) is 0 Å². The summed E-state index contributed by atoms with van der Waals surface area (Å²) in [6.45, 7) is 0. The molecule has 0 fully saturated rings. The van der Waals surface area contributed by atoms with Gasteiger partial charge in [0.1, 0.15) is 19.7 Å². The van der Waals surface area contributed by atoms with E-state index in [1.54, 1.807) is 0 Å². The van der Waals surface area contributed by atoms with Gasteiger partial charge in [-0.25, -0.2) is 4.79 Å². The molecule has 19 heteroatoms. The molecule has 0 radical (unpaired) electrons. The highest BCUT2D eigenvalue weighted by Crippen LogP contribution is 2.24. The molecule has 0 aliphatic heterocycles. The molecule has 0 aromatic carbocycles. The van der Waals surface area contributed by atoms with Gasteiger partial charge < -0.3 is 8.37 Å². The average molecular weight is 398 g/mol. The van der Waals surface area contributed by atoms with Gasteiger partial charge in [0.25, 0.3) is 0 Å². The molecule has 0 aliphatic rings. The molecule has 0 N–H and O–H groups in total. The van der Waals surface area contributed by atoms with Crippen LogP contribution in [0.3, 0.4) is 0 Å². The zero-order chi connectivity index (χ0) is 19.1. The third kappa shape index (κ3) is 5.26. The number of rotatable bonds is 10. The summed E-state index contributed by atoms with van der Waals surface area (Å²) in [7, 11) is 0. The fourth-order valence-corrected chi connectivity index (χ4v) is 1.81. The van der Waals surface area contributed by atoms with E-state index in [2.05, 4.69) is 8.37 Å². The van der Waals surface area contributed by atoms with Crippen molar-refractivity contribution in [2.24, 2.45) is 0 Å². The molecule has 0 heterocycles. The fraction of sp³-hybridized carbons (Fsp3) is 0.800. The van der Waals surface area contributed by atoms with Crippen LogP contribution in [0, 0.1) is 40.5 Å². The van der Waals surface area contributed by atoms with Gasteiger partial charge in [0.2, 0.25) is 11.5 Å². The van der Waals surface area contributed by atoms with Crippen molar-refractivity contribution in [3.63, 3.8) is 0 Å². The first kappa shape index (κ1) is 21.4. The molecule has 24 heavy (non-hydrogen) atoms. The smallest absolute Gasteiger partial charge is 0.358 e. The van der Waals surface area contributed by atoms with E-state index in [9.17, 15) is 54.0 Å². The molecule has 15 nitrogen and oxygen atoms in total. The van der Waals surface area contributed by atoms with Crippen molar-refractivity contribution in [3.05, 3.63) is 40.5 Å². The van der Waals surface area contributed by atoms with Gasteiger partial charge >= 0.3 is 18.0 Å². The van der Waals surface area contributed by atoms with Crippen LogP contribution in [-0.4, -0.2) is 49.2 Å². The maximum atomic E-state index is 13.2. The summed E-state index contributed by atoms with van der Waals surface area (Å²) in [5.41, 5.74) is 0. The third-order valence-electron chi connectivity index (χ3n) is 1.86. The second-order valence-electron chi connectivity index (χ2n) is 3.41. The summed E-state index contributed by atoms with van der Waals surface area (Å²) in [6, 6.07) is 0. The van der Waals surface area contributed by atoms with Crippen LogP contribution >= 0.6 is 24.1 Å². The average Bonchev–Trinajstić information content (AvgIpc) is 2.45. The Bertz CT molecular complexity index is 487. The van der Waals surface area contributed by atoms with Crippen LogP contribution in [0.4, 0.5) is 13.6 Å². The highest BCUT2D eigenvalue weighted by molar-refractivity contribution is 7.96. The molecule has 0 aromatic rings. The van der Waals surface area contributed by atoms with Crippen molar-refractivity contribution < 1.29 is 41.6 Å². The van der Waals surface area contributed by atoms with E-state index in [1.165, 1.54) is 0 Å². The molecule has 0 aliphatic carbocycles. The Balaban J connectivity index is 4.39. The quantitative estimate of drug-likeness (QED) is 0.164. The second kappa shape index (κ2) is 8.33. The molecular weight excluding hydrogens is 394 g/mol. The van der Waals surface area contributed by atoms with Crippen LogP contribution in [0.5, 0.6) is 0 Å². The predicted octanol–water partition coefficient (Wildman–Crippen LogP) is 0.789. The van der Waals surface area contributed by atoms with Crippen LogP contribution in [-0.2, 0) is 8.37 Å². The summed E-state index contributed by atoms with van der Waals surface area (Å²) in [6.07, 6.45) is -1.83. The molecule has 0 atom stereocenters. The van der Waals surface area contributed by atoms with Crippen LogP contribution < -0.4 is 0 Å². The normalized spacial score (nSPS) is 11.4. The van der Waals surface area contributed by atoms with Crippen molar-refractivity contribution in [2.45, 2.75) is 11.8 Å². The fourth-order valence-electron chi connectivity index (χ4n) is 0.663. The van der Waals surface area contributed by atoms with E-state index in [0.29, 0.717) is 0 Å². The maximum absolute atomic E-state index is 13.2. The van der Waals surface area contributed by atoms with E-state index < -0.39 is 73.3 Å². The Kier molecular flexibility index (Phi) is 7.44. The number of hydrogen-bond donors (Lipinski definition) is 0. The standard InChI is InChI=1S/C5H4F2N4O11S2/c6-4(8(13)14,9(15)16)1-23-21-3(12)22-24-2-5(7,10(17)18)11(19)20/h1-2H2. The summed E-state index contributed by atoms with van der Waals surface area (Å²) in [5, 5.41) is 40.7. The van der Waals surface area contributed by atoms with Gasteiger partial charge in [0, 0.05) is 0 Å². The molecule has 0 rings (SSSR count). The Morgan fingerprint density at radius 1 is 0.792 bits per heavy atom. The van der Waals surface area contributed by atoms with E-state index >= 15 is 0 Å². The highest BCUT2D eigenvalue weighted by atomic mass is 32.2. The predicted molar refractivity (Wildman–Crippen MR) is 68.1 cm³/mol. The number of hydrogen-bond acceptors (Lipinski definition) is 13. The Morgan fingerprint density at radius 3 is 1.25 bits per heavy atom. The second-order valence-corrected chi connectivity index (χ2v) is 4.79. The van der Waals surface area contributed by atoms with Crippen molar-refractivity contribution in [2.75, 3.05) is 11.5 Å². The Labute approximate surface area is 136 Å². The number of nitrogens with zero attached hydrogens (tertiary/aromatic N) is 4. The number of halogens is 2.